The summed E-state index contributed by atoms with van der Waals surface area (Å²) >= 11 is 1.56. The van der Waals surface area contributed by atoms with Gasteiger partial charge in [-0.05, 0) is 61.2 Å². The van der Waals surface area contributed by atoms with E-state index in [-0.39, 0.29) is 5.75 Å². The largest absolute Gasteiger partial charge is 0.435 e. The van der Waals surface area contributed by atoms with Crippen LogP contribution in [0.2, 0.25) is 0 Å². The monoisotopic (exact) mass is 388 g/mol. The van der Waals surface area contributed by atoms with Gasteiger partial charge in [-0.15, -0.1) is 11.3 Å². The van der Waals surface area contributed by atoms with Crippen LogP contribution >= 0.6 is 11.3 Å². The van der Waals surface area contributed by atoms with E-state index in [1.54, 1.807) is 23.5 Å². The fraction of sp³-hybridized carbons (Fsp3) is 0.286. The van der Waals surface area contributed by atoms with E-state index in [2.05, 4.69) is 53.2 Å². The van der Waals surface area contributed by atoms with E-state index in [9.17, 15) is 8.78 Å². The van der Waals surface area contributed by atoms with Crippen LogP contribution in [0, 0.1) is 6.92 Å². The second-order valence-corrected chi connectivity index (χ2v) is 7.59. The lowest BCUT2D eigenvalue weighted by Gasteiger charge is -2.10. The Labute approximate surface area is 162 Å². The number of alkyl halides is 2. The highest BCUT2D eigenvalue weighted by molar-refractivity contribution is 7.16. The number of hydrogen-bond donors (Lipinski definition) is 1. The Morgan fingerprint density at radius 3 is 2.33 bits per heavy atom. The Bertz CT molecular complexity index is 876. The molecule has 1 N–H and O–H groups in total. The molecule has 3 rings (SSSR count). The number of thiazole rings is 1. The van der Waals surface area contributed by atoms with E-state index < -0.39 is 6.61 Å². The average Bonchev–Trinajstić information content (AvgIpc) is 3.02. The third kappa shape index (κ3) is 4.83. The maximum Gasteiger partial charge on any atom is 0.387 e. The SMILES string of the molecule is CC[C@@H](C)c1ccc(Nc2nc(-c3ccc(OC(F)F)cc3)c(C)s2)cc1. The first-order valence-electron chi connectivity index (χ1n) is 8.86. The fourth-order valence-electron chi connectivity index (χ4n) is 2.77. The van der Waals surface area contributed by atoms with Crippen LogP contribution < -0.4 is 10.1 Å². The van der Waals surface area contributed by atoms with Gasteiger partial charge in [-0.2, -0.15) is 8.78 Å². The average molecular weight is 388 g/mol. The van der Waals surface area contributed by atoms with Crippen LogP contribution in [0.5, 0.6) is 5.75 Å². The summed E-state index contributed by atoms with van der Waals surface area (Å²) in [7, 11) is 0. The smallest absolute Gasteiger partial charge is 0.387 e. The molecule has 0 radical (unpaired) electrons. The van der Waals surface area contributed by atoms with Crippen molar-refractivity contribution >= 4 is 22.2 Å². The molecular weight excluding hydrogens is 366 g/mol. The van der Waals surface area contributed by atoms with Gasteiger partial charge in [0.05, 0.1) is 5.69 Å². The van der Waals surface area contributed by atoms with Crippen LogP contribution in [0.15, 0.2) is 48.5 Å². The molecule has 27 heavy (non-hydrogen) atoms. The highest BCUT2D eigenvalue weighted by atomic mass is 32.1. The molecule has 0 spiro atoms. The Kier molecular flexibility index (Phi) is 6.06. The first kappa shape index (κ1) is 19.3. The molecule has 0 aliphatic carbocycles. The van der Waals surface area contributed by atoms with Gasteiger partial charge in [0.15, 0.2) is 5.13 Å². The summed E-state index contributed by atoms with van der Waals surface area (Å²) in [5.74, 6) is 0.686. The van der Waals surface area contributed by atoms with E-state index in [1.165, 1.54) is 17.7 Å². The quantitative estimate of drug-likeness (QED) is 0.474. The Morgan fingerprint density at radius 2 is 1.74 bits per heavy atom. The third-order valence-electron chi connectivity index (χ3n) is 4.49. The van der Waals surface area contributed by atoms with E-state index >= 15 is 0 Å². The molecule has 6 heteroatoms. The Morgan fingerprint density at radius 1 is 1.07 bits per heavy atom. The number of anilines is 2. The van der Waals surface area contributed by atoms with E-state index in [0.717, 1.165) is 33.4 Å². The van der Waals surface area contributed by atoms with Crippen LogP contribution in [0.25, 0.3) is 11.3 Å². The van der Waals surface area contributed by atoms with Gasteiger partial charge in [0.1, 0.15) is 5.75 Å². The van der Waals surface area contributed by atoms with E-state index in [4.69, 9.17) is 0 Å². The number of ether oxygens (including phenoxy) is 1. The molecule has 0 fully saturated rings. The molecule has 0 unspecified atom stereocenters. The van der Waals surface area contributed by atoms with Crippen molar-refractivity contribution in [3.8, 4) is 17.0 Å². The molecule has 0 saturated carbocycles. The summed E-state index contributed by atoms with van der Waals surface area (Å²) in [6, 6.07) is 14.9. The molecule has 0 aliphatic rings. The maximum absolute atomic E-state index is 12.3. The summed E-state index contributed by atoms with van der Waals surface area (Å²) in [5.41, 5.74) is 4.01. The second kappa shape index (κ2) is 8.48. The molecule has 3 aromatic rings. The van der Waals surface area contributed by atoms with Gasteiger partial charge >= 0.3 is 6.61 Å². The summed E-state index contributed by atoms with van der Waals surface area (Å²) in [6.45, 7) is 3.58. The second-order valence-electron chi connectivity index (χ2n) is 6.38. The first-order chi connectivity index (χ1) is 13.0. The van der Waals surface area contributed by atoms with Crippen molar-refractivity contribution in [1.29, 1.82) is 0 Å². The molecule has 0 aliphatic heterocycles. The molecular formula is C21H22F2N2OS. The number of nitrogens with zero attached hydrogens (tertiary/aromatic N) is 1. The number of halogens is 2. The number of nitrogens with one attached hydrogen (secondary N) is 1. The molecule has 142 valence electrons. The molecule has 0 bridgehead atoms. The van der Waals surface area contributed by atoms with Crippen molar-refractivity contribution in [2.75, 3.05) is 5.32 Å². The summed E-state index contributed by atoms with van der Waals surface area (Å²) in [6.07, 6.45) is 1.11. The van der Waals surface area contributed by atoms with Crippen LogP contribution in [0.1, 0.15) is 36.6 Å². The summed E-state index contributed by atoms with van der Waals surface area (Å²) < 4.78 is 28.9. The standard InChI is InChI=1S/C21H22F2N2OS/c1-4-13(2)15-5-9-17(10-6-15)24-21-25-19(14(3)27-21)16-7-11-18(12-8-16)26-20(22)23/h5-13,20H,4H2,1-3H3,(H,24,25)/t13-/m1/s1. The van der Waals surface area contributed by atoms with Crippen LogP contribution in [0.3, 0.4) is 0 Å². The molecule has 0 amide bonds. The zero-order chi connectivity index (χ0) is 19.4. The van der Waals surface area contributed by atoms with Crippen molar-refractivity contribution in [2.45, 2.75) is 39.7 Å². The van der Waals surface area contributed by atoms with Crippen molar-refractivity contribution in [3.63, 3.8) is 0 Å². The van der Waals surface area contributed by atoms with Crippen molar-refractivity contribution in [3.05, 3.63) is 59.0 Å². The predicted molar refractivity (Wildman–Crippen MR) is 107 cm³/mol. The molecule has 1 heterocycles. The van der Waals surface area contributed by atoms with Crippen molar-refractivity contribution in [1.82, 2.24) is 4.98 Å². The number of rotatable bonds is 7. The Hall–Kier alpha value is -2.47. The topological polar surface area (TPSA) is 34.2 Å². The third-order valence-corrected chi connectivity index (χ3v) is 5.38. The minimum absolute atomic E-state index is 0.140. The summed E-state index contributed by atoms with van der Waals surface area (Å²) in [4.78, 5) is 5.71. The number of hydrogen-bond acceptors (Lipinski definition) is 4. The van der Waals surface area contributed by atoms with Gasteiger partial charge in [-0.1, -0.05) is 26.0 Å². The lowest BCUT2D eigenvalue weighted by molar-refractivity contribution is -0.0498. The lowest BCUT2D eigenvalue weighted by atomic mass is 9.99. The zero-order valence-corrected chi connectivity index (χ0v) is 16.3. The number of aromatic nitrogens is 1. The Balaban J connectivity index is 1.74. The van der Waals surface area contributed by atoms with Crippen molar-refractivity contribution in [2.24, 2.45) is 0 Å². The van der Waals surface area contributed by atoms with Crippen LogP contribution in [-0.2, 0) is 0 Å². The van der Waals surface area contributed by atoms with Gasteiger partial charge in [0.2, 0.25) is 0 Å². The molecule has 0 saturated heterocycles. The molecule has 1 aromatic heterocycles. The molecule has 3 nitrogen and oxygen atoms in total. The minimum Gasteiger partial charge on any atom is -0.435 e. The minimum atomic E-state index is -2.82. The van der Waals surface area contributed by atoms with E-state index in [0.29, 0.717) is 5.92 Å². The molecule has 1 atom stereocenters. The fourth-order valence-corrected chi connectivity index (χ4v) is 3.62. The van der Waals surface area contributed by atoms with Crippen molar-refractivity contribution < 1.29 is 13.5 Å². The van der Waals surface area contributed by atoms with Crippen LogP contribution in [-0.4, -0.2) is 11.6 Å². The highest BCUT2D eigenvalue weighted by Gasteiger charge is 2.11. The first-order valence-corrected chi connectivity index (χ1v) is 9.67. The van der Waals surface area contributed by atoms with Gasteiger partial charge in [0, 0.05) is 16.1 Å². The normalized spacial score (nSPS) is 12.2. The van der Waals surface area contributed by atoms with Crippen LogP contribution in [0.4, 0.5) is 19.6 Å². The van der Waals surface area contributed by atoms with Gasteiger partial charge < -0.3 is 10.1 Å². The number of benzene rings is 2. The molecule has 2 aromatic carbocycles. The van der Waals surface area contributed by atoms with E-state index in [1.807, 2.05) is 6.92 Å². The van der Waals surface area contributed by atoms with Gasteiger partial charge in [0.25, 0.3) is 0 Å². The number of aryl methyl sites for hydroxylation is 1. The lowest BCUT2D eigenvalue weighted by Crippen LogP contribution is -2.01. The highest BCUT2D eigenvalue weighted by Crippen LogP contribution is 2.33. The maximum atomic E-state index is 12.3. The summed E-state index contributed by atoms with van der Waals surface area (Å²) in [5, 5.41) is 4.14. The zero-order valence-electron chi connectivity index (χ0n) is 15.5. The van der Waals surface area contributed by atoms with Gasteiger partial charge in [-0.25, -0.2) is 4.98 Å². The van der Waals surface area contributed by atoms with Gasteiger partial charge in [-0.3, -0.25) is 0 Å². The predicted octanol–water partition coefficient (Wildman–Crippen LogP) is 6.98.